The summed E-state index contributed by atoms with van der Waals surface area (Å²) in [5.41, 5.74) is 4.56. The van der Waals surface area contributed by atoms with E-state index in [1.54, 1.807) is 38.2 Å². The number of hydrogen-bond acceptors (Lipinski definition) is 8. The van der Waals surface area contributed by atoms with E-state index in [2.05, 4.69) is 53.4 Å². The Labute approximate surface area is 271 Å². The Morgan fingerprint density at radius 2 is 1.73 bits per heavy atom. The molecule has 4 aliphatic rings. The summed E-state index contributed by atoms with van der Waals surface area (Å²) < 4.78 is 17.9. The van der Waals surface area contributed by atoms with Gasteiger partial charge in [-0.3, -0.25) is 0 Å². The maximum atomic E-state index is 12.6. The van der Waals surface area contributed by atoms with E-state index in [0.717, 1.165) is 48.4 Å². The number of ether oxygens (including phenoxy) is 3. The summed E-state index contributed by atoms with van der Waals surface area (Å²) >= 11 is 3.20. The van der Waals surface area contributed by atoms with Crippen molar-refractivity contribution in [1.82, 2.24) is 0 Å². The molecule has 2 aliphatic heterocycles. The van der Waals surface area contributed by atoms with E-state index in [9.17, 15) is 10.1 Å². The van der Waals surface area contributed by atoms with Gasteiger partial charge in [0.1, 0.15) is 30.5 Å². The van der Waals surface area contributed by atoms with Gasteiger partial charge in [-0.05, 0) is 105 Å². The zero-order chi connectivity index (χ0) is 30.9. The average molecular weight is 635 g/mol. The molecule has 0 radical (unpaired) electrons. The van der Waals surface area contributed by atoms with Crippen LogP contribution in [0.4, 0.5) is 11.4 Å². The van der Waals surface area contributed by atoms with Gasteiger partial charge in [0.25, 0.3) is 0 Å². The minimum Gasteiger partial charge on any atom is -0.485 e. The molecule has 6 nitrogen and oxygen atoms in total. The summed E-state index contributed by atoms with van der Waals surface area (Å²) in [7, 11) is 0. The van der Waals surface area contributed by atoms with Crippen molar-refractivity contribution >= 4 is 46.1 Å². The smallest absolute Gasteiger partial charge is 0.349 e. The van der Waals surface area contributed by atoms with Crippen LogP contribution in [-0.4, -0.2) is 30.8 Å². The molecule has 4 aromatic rings. The number of fused-ring (bicyclic) bond motifs is 8. The van der Waals surface area contributed by atoms with Crippen LogP contribution >= 0.6 is 22.7 Å². The first kappa shape index (κ1) is 28.4. The highest BCUT2D eigenvalue weighted by atomic mass is 32.1. The van der Waals surface area contributed by atoms with Crippen LogP contribution in [-0.2, 0) is 9.53 Å². The molecule has 2 bridgehead atoms. The highest BCUT2D eigenvalue weighted by Crippen LogP contribution is 2.63. The number of nitriles is 1. The van der Waals surface area contributed by atoms with Crippen LogP contribution < -0.4 is 14.4 Å². The minimum absolute atomic E-state index is 0.0200. The van der Waals surface area contributed by atoms with Crippen molar-refractivity contribution in [3.63, 3.8) is 0 Å². The first-order chi connectivity index (χ1) is 21.8. The molecule has 45 heavy (non-hydrogen) atoms. The highest BCUT2D eigenvalue weighted by molar-refractivity contribution is 7.24. The van der Waals surface area contributed by atoms with E-state index in [1.807, 2.05) is 18.2 Å². The fourth-order valence-electron chi connectivity index (χ4n) is 7.78. The first-order valence-electron chi connectivity index (χ1n) is 15.7. The molecular formula is C37H34N2O4S2. The van der Waals surface area contributed by atoms with Crippen LogP contribution in [0.2, 0.25) is 0 Å². The predicted molar refractivity (Wildman–Crippen MR) is 179 cm³/mol. The van der Waals surface area contributed by atoms with Gasteiger partial charge in [-0.2, -0.15) is 5.26 Å². The third-order valence-corrected chi connectivity index (χ3v) is 11.8. The molecule has 8 heteroatoms. The predicted octanol–water partition coefficient (Wildman–Crippen LogP) is 9.20. The number of nitrogens with zero attached hydrogens (tertiary/aromatic N) is 2. The fraction of sp³-hybridized carbons (Fsp3) is 0.351. The third-order valence-electron chi connectivity index (χ3n) is 9.39. The molecule has 0 amide bonds. The third kappa shape index (κ3) is 4.84. The standard InChI is InChI=1S/C37H34N2O4S2/c1-37(2,3)43-36(40)24(20-38)18-26-12-14-29(44-26)35-33-32(41-15-16-42-33)34(45-35)23-11-13-28-27(19-23)30-21-9-10-22(17-21)31(30)39(28)25-7-5-4-6-8-25/h4-8,11-14,18-19,21-22,30-31H,9-10,15-17H2,1-3H3/b24-18+. The molecule has 8 rings (SSSR count). The summed E-state index contributed by atoms with van der Waals surface area (Å²) in [4.78, 5) is 19.1. The summed E-state index contributed by atoms with van der Waals surface area (Å²) in [5, 5.41) is 9.65. The molecule has 2 fully saturated rings. The largest absolute Gasteiger partial charge is 0.485 e. The Morgan fingerprint density at radius 1 is 0.978 bits per heavy atom. The maximum Gasteiger partial charge on any atom is 0.349 e. The van der Waals surface area contributed by atoms with Crippen molar-refractivity contribution in [2.24, 2.45) is 11.8 Å². The summed E-state index contributed by atoms with van der Waals surface area (Å²) in [6.07, 6.45) is 5.58. The van der Waals surface area contributed by atoms with E-state index >= 15 is 0 Å². The quantitative estimate of drug-likeness (QED) is 0.124. The lowest BCUT2D eigenvalue weighted by atomic mass is 9.81. The van der Waals surface area contributed by atoms with E-state index in [1.165, 1.54) is 47.5 Å². The van der Waals surface area contributed by atoms with Gasteiger partial charge in [0.05, 0.1) is 9.75 Å². The number of anilines is 2. The minimum atomic E-state index is -0.674. The van der Waals surface area contributed by atoms with Crippen LogP contribution in [0.3, 0.4) is 0 Å². The number of carbonyl (C=O) groups is 1. The van der Waals surface area contributed by atoms with Gasteiger partial charge in [0.2, 0.25) is 0 Å². The van der Waals surface area contributed by atoms with Gasteiger partial charge in [0.15, 0.2) is 11.5 Å². The Morgan fingerprint density at radius 3 is 2.49 bits per heavy atom. The van der Waals surface area contributed by atoms with Crippen LogP contribution in [0, 0.1) is 23.2 Å². The molecule has 4 atom stereocenters. The Balaban J connectivity index is 1.17. The number of benzene rings is 2. The zero-order valence-corrected chi connectivity index (χ0v) is 27.2. The van der Waals surface area contributed by atoms with E-state index in [-0.39, 0.29) is 5.57 Å². The van der Waals surface area contributed by atoms with Crippen LogP contribution in [0.25, 0.3) is 26.3 Å². The number of esters is 1. The van der Waals surface area contributed by atoms with Crippen molar-refractivity contribution in [1.29, 1.82) is 5.26 Å². The Bertz CT molecular complexity index is 1880. The monoisotopic (exact) mass is 634 g/mol. The van der Waals surface area contributed by atoms with Crippen molar-refractivity contribution in [2.75, 3.05) is 18.1 Å². The Kier molecular flexibility index (Phi) is 6.81. The number of thiophene rings is 2. The van der Waals surface area contributed by atoms with Crippen molar-refractivity contribution in [3.8, 4) is 37.8 Å². The van der Waals surface area contributed by atoms with Gasteiger partial charge in [-0.25, -0.2) is 4.79 Å². The molecule has 0 spiro atoms. The van der Waals surface area contributed by atoms with E-state index < -0.39 is 11.6 Å². The Hall–Kier alpha value is -4.06. The van der Waals surface area contributed by atoms with Crippen molar-refractivity contribution in [3.05, 3.63) is 76.7 Å². The highest BCUT2D eigenvalue weighted by Gasteiger charge is 2.55. The molecule has 2 saturated carbocycles. The van der Waals surface area contributed by atoms with Gasteiger partial charge in [0, 0.05) is 33.1 Å². The van der Waals surface area contributed by atoms with Gasteiger partial charge >= 0.3 is 5.97 Å². The number of para-hydroxylation sites is 1. The molecule has 0 saturated heterocycles. The van der Waals surface area contributed by atoms with E-state index in [0.29, 0.717) is 25.2 Å². The molecular weight excluding hydrogens is 601 g/mol. The number of rotatable bonds is 5. The SMILES string of the molecule is CC(C)(C)OC(=O)/C(C#N)=C/c1ccc(-c2sc(-c3ccc4c(c3)C3C5CCC(C5)C3N4c3ccccc3)c3c2OCCO3)s1. The normalized spacial score (nSPS) is 23.1. The summed E-state index contributed by atoms with van der Waals surface area (Å²) in [6.45, 7) is 6.38. The average Bonchev–Trinajstić information content (AvgIpc) is 3.86. The van der Waals surface area contributed by atoms with Crippen molar-refractivity contribution < 1.29 is 19.0 Å². The van der Waals surface area contributed by atoms with Gasteiger partial charge in [-0.1, -0.05) is 24.3 Å². The number of hydrogen-bond donors (Lipinski definition) is 0. The summed E-state index contributed by atoms with van der Waals surface area (Å²) in [5.74, 6) is 3.00. The lowest BCUT2D eigenvalue weighted by Gasteiger charge is -2.33. The second-order valence-corrected chi connectivity index (χ2v) is 15.5. The summed E-state index contributed by atoms with van der Waals surface area (Å²) in [6, 6.07) is 24.3. The van der Waals surface area contributed by atoms with E-state index in [4.69, 9.17) is 14.2 Å². The van der Waals surface area contributed by atoms with Gasteiger partial charge in [-0.15, -0.1) is 22.7 Å². The lowest BCUT2D eigenvalue weighted by molar-refractivity contribution is -0.149. The van der Waals surface area contributed by atoms with Crippen LogP contribution in [0.5, 0.6) is 11.5 Å². The van der Waals surface area contributed by atoms with Crippen LogP contribution in [0.1, 0.15) is 56.4 Å². The van der Waals surface area contributed by atoms with Crippen molar-refractivity contribution in [2.45, 2.75) is 57.6 Å². The zero-order valence-electron chi connectivity index (χ0n) is 25.5. The fourth-order valence-corrected chi connectivity index (χ4v) is 10.0. The molecule has 228 valence electrons. The first-order valence-corrected chi connectivity index (χ1v) is 17.3. The molecule has 2 aromatic carbocycles. The molecule has 2 aromatic heterocycles. The molecule has 4 heterocycles. The molecule has 0 N–H and O–H groups in total. The second-order valence-electron chi connectivity index (χ2n) is 13.3. The van der Waals surface area contributed by atoms with Gasteiger partial charge < -0.3 is 19.1 Å². The van der Waals surface area contributed by atoms with Crippen LogP contribution in [0.15, 0.2) is 66.2 Å². The second kappa shape index (κ2) is 10.8. The molecule has 2 aliphatic carbocycles. The topological polar surface area (TPSA) is 71.8 Å². The lowest BCUT2D eigenvalue weighted by Crippen LogP contribution is -2.35. The maximum absolute atomic E-state index is 12.6. The molecule has 4 unspecified atom stereocenters. The number of carbonyl (C=O) groups excluding carboxylic acids is 1.